The van der Waals surface area contributed by atoms with Crippen molar-refractivity contribution in [2.24, 2.45) is 5.92 Å². The minimum Gasteiger partial charge on any atom is -0.326 e. The van der Waals surface area contributed by atoms with E-state index in [1.165, 1.54) is 6.92 Å². The second-order valence-corrected chi connectivity index (χ2v) is 6.44. The van der Waals surface area contributed by atoms with E-state index < -0.39 is 5.92 Å². The molecule has 1 aliphatic heterocycles. The second-order valence-electron chi connectivity index (χ2n) is 6.44. The van der Waals surface area contributed by atoms with Gasteiger partial charge < -0.3 is 15.5 Å². The van der Waals surface area contributed by atoms with E-state index in [1.807, 2.05) is 31.2 Å². The number of carbonyl (C=O) groups is 3. The van der Waals surface area contributed by atoms with Crippen LogP contribution in [0.2, 0.25) is 0 Å². The molecule has 3 rings (SSSR count). The van der Waals surface area contributed by atoms with Crippen molar-refractivity contribution < 1.29 is 14.4 Å². The minimum absolute atomic E-state index is 0.0813. The molecule has 2 aromatic rings. The Morgan fingerprint density at radius 2 is 1.73 bits per heavy atom. The highest BCUT2D eigenvalue weighted by molar-refractivity contribution is 6.03. The van der Waals surface area contributed by atoms with Gasteiger partial charge in [-0.3, -0.25) is 14.4 Å². The summed E-state index contributed by atoms with van der Waals surface area (Å²) in [5.41, 5.74) is 3.13. The third-order valence-electron chi connectivity index (χ3n) is 4.40. The molecule has 2 N–H and O–H groups in total. The van der Waals surface area contributed by atoms with E-state index in [4.69, 9.17) is 0 Å². The van der Waals surface area contributed by atoms with Gasteiger partial charge in [0.25, 0.3) is 0 Å². The number of para-hydroxylation sites is 1. The third-order valence-corrected chi connectivity index (χ3v) is 4.40. The fraction of sp³-hybridized carbons (Fsp3) is 0.250. The molecule has 0 aliphatic carbocycles. The molecule has 6 nitrogen and oxygen atoms in total. The van der Waals surface area contributed by atoms with Crippen molar-refractivity contribution in [3.63, 3.8) is 0 Å². The van der Waals surface area contributed by atoms with E-state index in [1.54, 1.807) is 29.2 Å². The molecule has 134 valence electrons. The Morgan fingerprint density at radius 3 is 2.38 bits per heavy atom. The van der Waals surface area contributed by atoms with Crippen molar-refractivity contribution in [1.82, 2.24) is 0 Å². The molecule has 0 saturated carbocycles. The lowest BCUT2D eigenvalue weighted by molar-refractivity contribution is -0.122. The Morgan fingerprint density at radius 1 is 1.04 bits per heavy atom. The summed E-state index contributed by atoms with van der Waals surface area (Å²) in [4.78, 5) is 37.6. The maximum Gasteiger partial charge on any atom is 0.229 e. The van der Waals surface area contributed by atoms with Crippen molar-refractivity contribution in [2.45, 2.75) is 20.3 Å². The average Bonchev–Trinajstić information content (AvgIpc) is 2.99. The van der Waals surface area contributed by atoms with Gasteiger partial charge in [0, 0.05) is 37.0 Å². The van der Waals surface area contributed by atoms with Gasteiger partial charge in [0.05, 0.1) is 5.92 Å². The van der Waals surface area contributed by atoms with Gasteiger partial charge in [0.1, 0.15) is 0 Å². The molecule has 26 heavy (non-hydrogen) atoms. The highest BCUT2D eigenvalue weighted by Gasteiger charge is 2.35. The molecule has 1 saturated heterocycles. The van der Waals surface area contributed by atoms with Crippen LogP contribution in [0.5, 0.6) is 0 Å². The number of hydrogen-bond donors (Lipinski definition) is 2. The highest BCUT2D eigenvalue weighted by atomic mass is 16.2. The molecule has 0 aromatic heterocycles. The van der Waals surface area contributed by atoms with Crippen molar-refractivity contribution in [2.75, 3.05) is 22.1 Å². The maximum atomic E-state index is 12.5. The predicted molar refractivity (Wildman–Crippen MR) is 101 cm³/mol. The Balaban J connectivity index is 1.67. The first-order valence-corrected chi connectivity index (χ1v) is 8.48. The van der Waals surface area contributed by atoms with Crippen LogP contribution in [0.15, 0.2) is 48.5 Å². The molecular weight excluding hydrogens is 330 g/mol. The molecule has 2 aromatic carbocycles. The van der Waals surface area contributed by atoms with Gasteiger partial charge in [-0.15, -0.1) is 0 Å². The Bertz CT molecular complexity index is 846. The fourth-order valence-corrected chi connectivity index (χ4v) is 3.01. The van der Waals surface area contributed by atoms with E-state index in [-0.39, 0.29) is 24.1 Å². The van der Waals surface area contributed by atoms with Crippen LogP contribution in [0.4, 0.5) is 17.1 Å². The van der Waals surface area contributed by atoms with Crippen molar-refractivity contribution in [3.8, 4) is 0 Å². The van der Waals surface area contributed by atoms with E-state index >= 15 is 0 Å². The number of nitrogens with zero attached hydrogens (tertiary/aromatic N) is 1. The highest BCUT2D eigenvalue weighted by Crippen LogP contribution is 2.27. The van der Waals surface area contributed by atoms with Crippen LogP contribution >= 0.6 is 0 Å². The predicted octanol–water partition coefficient (Wildman–Crippen LogP) is 2.95. The van der Waals surface area contributed by atoms with Crippen LogP contribution < -0.4 is 15.5 Å². The average molecular weight is 351 g/mol. The third kappa shape index (κ3) is 3.91. The maximum absolute atomic E-state index is 12.5. The zero-order chi connectivity index (χ0) is 18.7. The lowest BCUT2D eigenvalue weighted by Gasteiger charge is -2.17. The van der Waals surface area contributed by atoms with Crippen LogP contribution in [0, 0.1) is 12.8 Å². The largest absolute Gasteiger partial charge is 0.326 e. The van der Waals surface area contributed by atoms with E-state index in [0.29, 0.717) is 12.2 Å². The van der Waals surface area contributed by atoms with Crippen molar-refractivity contribution >= 4 is 34.8 Å². The van der Waals surface area contributed by atoms with E-state index in [9.17, 15) is 14.4 Å². The Hall–Kier alpha value is -3.15. The zero-order valence-electron chi connectivity index (χ0n) is 14.8. The molecule has 1 heterocycles. The van der Waals surface area contributed by atoms with Gasteiger partial charge in [0.15, 0.2) is 0 Å². The summed E-state index contributed by atoms with van der Waals surface area (Å²) >= 11 is 0. The van der Waals surface area contributed by atoms with Gasteiger partial charge in [-0.05, 0) is 42.8 Å². The number of aryl methyl sites for hydroxylation is 1. The second kappa shape index (κ2) is 7.39. The Labute approximate surface area is 152 Å². The van der Waals surface area contributed by atoms with Crippen LogP contribution in [0.25, 0.3) is 0 Å². The normalized spacial score (nSPS) is 16.5. The summed E-state index contributed by atoms with van der Waals surface area (Å²) in [5.74, 6) is -0.771. The number of rotatable bonds is 4. The molecule has 1 fully saturated rings. The number of hydrogen-bond acceptors (Lipinski definition) is 3. The van der Waals surface area contributed by atoms with Gasteiger partial charge in [-0.1, -0.05) is 18.2 Å². The summed E-state index contributed by atoms with van der Waals surface area (Å²) in [6.07, 6.45) is 0.186. The van der Waals surface area contributed by atoms with E-state index in [2.05, 4.69) is 10.6 Å². The first-order chi connectivity index (χ1) is 12.4. The molecule has 0 bridgehead atoms. The quantitative estimate of drug-likeness (QED) is 0.889. The van der Waals surface area contributed by atoms with Crippen molar-refractivity contribution in [1.29, 1.82) is 0 Å². The molecule has 0 radical (unpaired) electrons. The van der Waals surface area contributed by atoms with Crippen molar-refractivity contribution in [3.05, 3.63) is 54.1 Å². The monoisotopic (exact) mass is 351 g/mol. The number of carbonyl (C=O) groups excluding carboxylic acids is 3. The number of benzene rings is 2. The van der Waals surface area contributed by atoms with Gasteiger partial charge in [-0.25, -0.2) is 0 Å². The summed E-state index contributed by atoms with van der Waals surface area (Å²) in [6, 6.07) is 14.6. The lowest BCUT2D eigenvalue weighted by Crippen LogP contribution is -2.28. The molecule has 1 aliphatic rings. The topological polar surface area (TPSA) is 78.5 Å². The number of amides is 3. The molecule has 3 amide bonds. The molecule has 1 unspecified atom stereocenters. The summed E-state index contributed by atoms with van der Waals surface area (Å²) < 4.78 is 0. The summed E-state index contributed by atoms with van der Waals surface area (Å²) in [7, 11) is 0. The van der Waals surface area contributed by atoms with Crippen LogP contribution in [0.1, 0.15) is 18.9 Å². The number of nitrogens with one attached hydrogen (secondary N) is 2. The smallest absolute Gasteiger partial charge is 0.229 e. The summed E-state index contributed by atoms with van der Waals surface area (Å²) in [5, 5.41) is 5.60. The molecule has 0 spiro atoms. The molecule has 1 atom stereocenters. The lowest BCUT2D eigenvalue weighted by atomic mass is 10.1. The van der Waals surface area contributed by atoms with Gasteiger partial charge >= 0.3 is 0 Å². The Kier molecular flexibility index (Phi) is 5.02. The standard InChI is InChI=1S/C20H21N3O3/c1-13-5-3-4-6-18(13)22-20(26)15-11-19(25)23(12-15)17-9-7-16(8-10-17)21-14(2)24/h3-10,15H,11-12H2,1-2H3,(H,21,24)(H,22,26). The van der Waals surface area contributed by atoms with Crippen LogP contribution in [-0.2, 0) is 14.4 Å². The zero-order valence-corrected chi connectivity index (χ0v) is 14.8. The number of anilines is 3. The van der Waals surface area contributed by atoms with E-state index in [0.717, 1.165) is 16.9 Å². The molecular formula is C20H21N3O3. The SMILES string of the molecule is CC(=O)Nc1ccc(N2CC(C(=O)Nc3ccccc3C)CC2=O)cc1. The first kappa shape index (κ1) is 17.7. The fourth-order valence-electron chi connectivity index (χ4n) is 3.01. The van der Waals surface area contributed by atoms with Gasteiger partial charge in [-0.2, -0.15) is 0 Å². The molecule has 6 heteroatoms. The van der Waals surface area contributed by atoms with Gasteiger partial charge in [0.2, 0.25) is 17.7 Å². The van der Waals surface area contributed by atoms with Crippen LogP contribution in [0.3, 0.4) is 0 Å². The first-order valence-electron chi connectivity index (χ1n) is 8.48. The minimum atomic E-state index is -0.392. The summed E-state index contributed by atoms with van der Waals surface area (Å²) in [6.45, 7) is 3.71. The van der Waals surface area contributed by atoms with Crippen LogP contribution in [-0.4, -0.2) is 24.3 Å².